The molecule has 0 saturated heterocycles. The first-order valence-electron chi connectivity index (χ1n) is 9.96. The molecule has 1 aliphatic heterocycles. The van der Waals surface area contributed by atoms with Gasteiger partial charge < -0.3 is 9.52 Å². The van der Waals surface area contributed by atoms with E-state index in [4.69, 9.17) is 4.42 Å². The lowest BCUT2D eigenvalue weighted by Crippen LogP contribution is -2.82. The standard InChI is InChI=1S/C23H22N4O3/c1-23(2)11-16-19(17(29)12-23)20(13-6-5-7-14(28)10-13)26-21(24-16)27-22-25-15-8-3-4-9-18(15)30-22/h3-10,20,28H,11-12H2,1-2H3,(H2,24,25,26,27)/p+1/t20-/m0/s1. The van der Waals surface area contributed by atoms with Crippen molar-refractivity contribution in [3.8, 4) is 5.75 Å². The number of rotatable bonds is 2. The Labute approximate surface area is 173 Å². The second-order valence-electron chi connectivity index (χ2n) is 8.62. The number of phenols is 1. The molecule has 0 spiro atoms. The van der Waals surface area contributed by atoms with Crippen LogP contribution in [0.1, 0.15) is 38.3 Å². The summed E-state index contributed by atoms with van der Waals surface area (Å²) in [6.07, 6.45) is 1.22. The minimum Gasteiger partial charge on any atom is -0.508 e. The van der Waals surface area contributed by atoms with Crippen LogP contribution in [0.5, 0.6) is 5.75 Å². The van der Waals surface area contributed by atoms with Crippen LogP contribution >= 0.6 is 0 Å². The van der Waals surface area contributed by atoms with Crippen LogP contribution in [0.3, 0.4) is 0 Å². The summed E-state index contributed by atoms with van der Waals surface area (Å²) in [6, 6.07) is 14.5. The maximum Gasteiger partial charge on any atom is 0.365 e. The summed E-state index contributed by atoms with van der Waals surface area (Å²) in [5, 5.41) is 16.5. The Morgan fingerprint density at radius 1 is 1.20 bits per heavy atom. The number of allylic oxidation sites excluding steroid dienone is 1. The third-order valence-electron chi connectivity index (χ3n) is 5.50. The van der Waals surface area contributed by atoms with E-state index < -0.39 is 0 Å². The minimum absolute atomic E-state index is 0.107. The fourth-order valence-corrected chi connectivity index (χ4v) is 4.24. The predicted octanol–water partition coefficient (Wildman–Crippen LogP) is 2.37. The molecule has 4 N–H and O–H groups in total. The van der Waals surface area contributed by atoms with Crippen molar-refractivity contribution in [3.63, 3.8) is 0 Å². The fraction of sp³-hybridized carbons (Fsp3) is 0.261. The Hall–Kier alpha value is -3.61. The second-order valence-corrected chi connectivity index (χ2v) is 8.62. The molecule has 152 valence electrons. The van der Waals surface area contributed by atoms with Gasteiger partial charge in [-0.05, 0) is 35.2 Å². The van der Waals surface area contributed by atoms with Crippen molar-refractivity contribution in [3.05, 3.63) is 65.4 Å². The van der Waals surface area contributed by atoms with Crippen molar-refractivity contribution in [1.29, 1.82) is 0 Å². The number of carbonyl (C=O) groups excluding carboxylic acids is 1. The number of nitrogens with one attached hydrogen (secondary N) is 3. The average molecular weight is 403 g/mol. The van der Waals surface area contributed by atoms with Gasteiger partial charge in [0, 0.05) is 12.8 Å². The highest BCUT2D eigenvalue weighted by atomic mass is 16.4. The molecule has 3 aromatic rings. The molecule has 2 aromatic carbocycles. The van der Waals surface area contributed by atoms with Crippen LogP contribution in [-0.4, -0.2) is 21.8 Å². The molecule has 7 heteroatoms. The number of carbonyl (C=O) groups is 1. The third-order valence-corrected chi connectivity index (χ3v) is 5.50. The molecule has 30 heavy (non-hydrogen) atoms. The predicted molar refractivity (Wildman–Crippen MR) is 113 cm³/mol. The molecule has 5 rings (SSSR count). The molecule has 7 nitrogen and oxygen atoms in total. The van der Waals surface area contributed by atoms with Gasteiger partial charge in [0.15, 0.2) is 11.4 Å². The summed E-state index contributed by atoms with van der Waals surface area (Å²) in [4.78, 5) is 20.9. The SMILES string of the molecule is CC1(C)CC(=O)C2=C(C1)NC(Nc1nc3ccccc3o1)=[NH+][C@H]2c1cccc(O)c1. The van der Waals surface area contributed by atoms with Crippen molar-refractivity contribution >= 4 is 28.9 Å². The molecule has 0 unspecified atom stereocenters. The van der Waals surface area contributed by atoms with Crippen molar-refractivity contribution in [2.24, 2.45) is 5.41 Å². The Bertz CT molecular complexity index is 1190. The average Bonchev–Trinajstić information content (AvgIpc) is 3.08. The number of anilines is 1. The third kappa shape index (κ3) is 3.32. The molecule has 0 amide bonds. The van der Waals surface area contributed by atoms with Gasteiger partial charge >= 0.3 is 12.0 Å². The van der Waals surface area contributed by atoms with Crippen LogP contribution < -0.4 is 15.6 Å². The zero-order valence-electron chi connectivity index (χ0n) is 16.8. The molecule has 1 aromatic heterocycles. The van der Waals surface area contributed by atoms with E-state index in [0.717, 1.165) is 23.2 Å². The van der Waals surface area contributed by atoms with E-state index in [1.807, 2.05) is 30.3 Å². The van der Waals surface area contributed by atoms with Gasteiger partial charge in [-0.25, -0.2) is 5.32 Å². The van der Waals surface area contributed by atoms with Crippen LogP contribution in [0.25, 0.3) is 11.1 Å². The monoisotopic (exact) mass is 403 g/mol. The van der Waals surface area contributed by atoms with Crippen LogP contribution in [0, 0.1) is 5.41 Å². The number of nitrogens with zero attached hydrogens (tertiary/aromatic N) is 1. The largest absolute Gasteiger partial charge is 0.508 e. The maximum atomic E-state index is 13.0. The topological polar surface area (TPSA) is 101 Å². The van der Waals surface area contributed by atoms with Gasteiger partial charge in [-0.15, -0.1) is 0 Å². The van der Waals surface area contributed by atoms with Gasteiger partial charge in [-0.3, -0.25) is 9.79 Å². The van der Waals surface area contributed by atoms with Gasteiger partial charge in [0.25, 0.3) is 0 Å². The lowest BCUT2D eigenvalue weighted by atomic mass is 9.73. The molecule has 1 atom stereocenters. The van der Waals surface area contributed by atoms with Crippen LogP contribution in [0.15, 0.2) is 64.2 Å². The summed E-state index contributed by atoms with van der Waals surface area (Å²) in [5.41, 5.74) is 3.72. The zero-order valence-corrected chi connectivity index (χ0v) is 16.8. The molecular formula is C23H23N4O3+. The number of aromatic hydroxyl groups is 1. The molecular weight excluding hydrogens is 380 g/mol. The van der Waals surface area contributed by atoms with Crippen molar-refractivity contribution in [2.75, 3.05) is 5.32 Å². The van der Waals surface area contributed by atoms with E-state index >= 15 is 0 Å². The number of para-hydroxylation sites is 2. The summed E-state index contributed by atoms with van der Waals surface area (Å²) in [6.45, 7) is 4.19. The van der Waals surface area contributed by atoms with Gasteiger partial charge in [-0.1, -0.05) is 38.1 Å². The first-order valence-corrected chi connectivity index (χ1v) is 9.96. The Balaban J connectivity index is 1.55. The van der Waals surface area contributed by atoms with E-state index in [1.54, 1.807) is 18.2 Å². The molecule has 0 bridgehead atoms. The van der Waals surface area contributed by atoms with Crippen LogP contribution in [-0.2, 0) is 4.79 Å². The van der Waals surface area contributed by atoms with E-state index in [9.17, 15) is 9.90 Å². The molecule has 0 saturated carbocycles. The van der Waals surface area contributed by atoms with E-state index in [1.165, 1.54) is 0 Å². The van der Waals surface area contributed by atoms with E-state index in [2.05, 4.69) is 34.5 Å². The molecule has 2 aliphatic rings. The summed E-state index contributed by atoms with van der Waals surface area (Å²) < 4.78 is 5.78. The smallest absolute Gasteiger partial charge is 0.365 e. The van der Waals surface area contributed by atoms with Gasteiger partial charge in [0.2, 0.25) is 0 Å². The van der Waals surface area contributed by atoms with Gasteiger partial charge in [0.1, 0.15) is 17.3 Å². The highest BCUT2D eigenvalue weighted by molar-refractivity contribution is 6.01. The highest BCUT2D eigenvalue weighted by Gasteiger charge is 2.42. The van der Waals surface area contributed by atoms with Gasteiger partial charge in [0.05, 0.1) is 11.3 Å². The Kier molecular flexibility index (Phi) is 4.13. The van der Waals surface area contributed by atoms with Gasteiger partial charge in [-0.2, -0.15) is 10.3 Å². The van der Waals surface area contributed by atoms with Crippen molar-refractivity contribution in [1.82, 2.24) is 10.3 Å². The van der Waals surface area contributed by atoms with Crippen LogP contribution in [0.2, 0.25) is 0 Å². The number of benzene rings is 2. The Morgan fingerprint density at radius 2 is 2.03 bits per heavy atom. The maximum absolute atomic E-state index is 13.0. The first-order chi connectivity index (χ1) is 14.4. The number of fused-ring (bicyclic) bond motifs is 1. The molecule has 2 heterocycles. The molecule has 0 fully saturated rings. The normalized spacial score (nSPS) is 20.5. The number of ketones is 1. The van der Waals surface area contributed by atoms with Crippen molar-refractivity contribution in [2.45, 2.75) is 32.7 Å². The second kappa shape index (κ2) is 6.73. The number of oxazole rings is 1. The number of phenolic OH excluding ortho intramolecular Hbond substituents is 1. The van der Waals surface area contributed by atoms with E-state index in [0.29, 0.717) is 29.6 Å². The highest BCUT2D eigenvalue weighted by Crippen LogP contribution is 2.39. The first kappa shape index (κ1) is 18.4. The number of hydrogen-bond acceptors (Lipinski definition) is 6. The summed E-state index contributed by atoms with van der Waals surface area (Å²) >= 11 is 0. The molecule has 1 aliphatic carbocycles. The fourth-order valence-electron chi connectivity index (χ4n) is 4.24. The Morgan fingerprint density at radius 3 is 2.83 bits per heavy atom. The minimum atomic E-state index is -0.385. The summed E-state index contributed by atoms with van der Waals surface area (Å²) in [7, 11) is 0. The lowest BCUT2D eigenvalue weighted by molar-refractivity contribution is -0.502. The summed E-state index contributed by atoms with van der Waals surface area (Å²) in [5.74, 6) is 0.849. The zero-order chi connectivity index (χ0) is 20.9. The lowest BCUT2D eigenvalue weighted by Gasteiger charge is -2.34. The van der Waals surface area contributed by atoms with E-state index in [-0.39, 0.29) is 23.0 Å². The van der Waals surface area contributed by atoms with Crippen LogP contribution in [0.4, 0.5) is 6.01 Å². The number of guanidine groups is 1. The quantitative estimate of drug-likeness (QED) is 0.524. The number of aromatic nitrogens is 1. The van der Waals surface area contributed by atoms with Crippen molar-refractivity contribution < 1.29 is 19.3 Å². The number of Topliss-reactive ketones (excluding diaryl/α,β-unsaturated/α-hetero) is 1. The number of hydrogen-bond donors (Lipinski definition) is 4. The molecule has 0 radical (unpaired) electrons.